The smallest absolute Gasteiger partial charge is 0.227 e. The fraction of sp³-hybridized carbons (Fsp3) is 0.647. The molecule has 5 heteroatoms. The lowest BCUT2D eigenvalue weighted by Gasteiger charge is -2.20. The van der Waals surface area contributed by atoms with E-state index in [1.165, 1.54) is 19.3 Å². The van der Waals surface area contributed by atoms with Crippen LogP contribution < -0.4 is 10.6 Å². The third-order valence-electron chi connectivity index (χ3n) is 4.10. The van der Waals surface area contributed by atoms with Crippen molar-refractivity contribution < 1.29 is 4.79 Å². The number of nitrogens with zero attached hydrogens (tertiary/aromatic N) is 2. The first kappa shape index (κ1) is 16.7. The topological polar surface area (TPSA) is 57.3 Å². The summed E-state index contributed by atoms with van der Waals surface area (Å²) in [6.07, 6.45) is 8.46. The lowest BCUT2D eigenvalue weighted by atomic mass is 9.88. The van der Waals surface area contributed by atoms with Crippen LogP contribution in [-0.4, -0.2) is 43.0 Å². The molecule has 2 rings (SSSR count). The first-order valence-electron chi connectivity index (χ1n) is 8.30. The number of rotatable bonds is 7. The van der Waals surface area contributed by atoms with Gasteiger partial charge in [-0.25, -0.2) is 4.98 Å². The Morgan fingerprint density at radius 2 is 2.05 bits per heavy atom. The molecule has 0 radical (unpaired) electrons. The molecule has 0 saturated heterocycles. The summed E-state index contributed by atoms with van der Waals surface area (Å²) in [4.78, 5) is 18.7. The molecule has 1 amide bonds. The molecule has 22 heavy (non-hydrogen) atoms. The highest BCUT2D eigenvalue weighted by molar-refractivity contribution is 5.92. The van der Waals surface area contributed by atoms with Gasteiger partial charge in [-0.15, -0.1) is 0 Å². The lowest BCUT2D eigenvalue weighted by molar-refractivity contribution is -0.120. The highest BCUT2D eigenvalue weighted by Crippen LogP contribution is 2.24. The van der Waals surface area contributed by atoms with Crippen LogP contribution in [0.1, 0.15) is 38.5 Å². The molecule has 0 aromatic carbocycles. The standard InChI is InChI=1S/C17H28N4O/c1-21(2)12-6-11-18-16-10-9-15(13-19-16)20-17(22)14-7-4-3-5-8-14/h9-10,13-14H,3-8,11-12H2,1-2H3,(H,18,19)(H,20,22). The zero-order valence-corrected chi connectivity index (χ0v) is 13.8. The van der Waals surface area contributed by atoms with E-state index in [2.05, 4.69) is 34.6 Å². The number of carbonyl (C=O) groups excluding carboxylic acids is 1. The highest BCUT2D eigenvalue weighted by atomic mass is 16.1. The van der Waals surface area contributed by atoms with Gasteiger partial charge in [-0.1, -0.05) is 19.3 Å². The Kier molecular flexibility index (Phi) is 6.65. The molecule has 1 aromatic rings. The molecule has 5 nitrogen and oxygen atoms in total. The maximum Gasteiger partial charge on any atom is 0.227 e. The zero-order chi connectivity index (χ0) is 15.8. The van der Waals surface area contributed by atoms with Crippen LogP contribution in [0.3, 0.4) is 0 Å². The molecule has 122 valence electrons. The number of nitrogens with one attached hydrogen (secondary N) is 2. The Labute approximate surface area is 133 Å². The van der Waals surface area contributed by atoms with Crippen molar-refractivity contribution in [2.45, 2.75) is 38.5 Å². The molecule has 1 aromatic heterocycles. The molecule has 2 N–H and O–H groups in total. The van der Waals surface area contributed by atoms with Gasteiger partial charge < -0.3 is 15.5 Å². The molecular formula is C17H28N4O. The number of hydrogen-bond donors (Lipinski definition) is 2. The first-order chi connectivity index (χ1) is 10.6. The SMILES string of the molecule is CN(C)CCCNc1ccc(NC(=O)C2CCCCC2)cn1. The van der Waals surface area contributed by atoms with Crippen LogP contribution in [0, 0.1) is 5.92 Å². The number of pyridine rings is 1. The summed E-state index contributed by atoms with van der Waals surface area (Å²) in [7, 11) is 4.14. The van der Waals surface area contributed by atoms with Crippen LogP contribution >= 0.6 is 0 Å². The van der Waals surface area contributed by atoms with Gasteiger partial charge in [0.25, 0.3) is 0 Å². The average Bonchev–Trinajstić information content (AvgIpc) is 2.54. The number of hydrogen-bond acceptors (Lipinski definition) is 4. The predicted octanol–water partition coefficient (Wildman–Crippen LogP) is 2.96. The van der Waals surface area contributed by atoms with E-state index in [-0.39, 0.29) is 11.8 Å². The van der Waals surface area contributed by atoms with Gasteiger partial charge in [-0.3, -0.25) is 4.79 Å². The van der Waals surface area contributed by atoms with Crippen molar-refractivity contribution in [3.8, 4) is 0 Å². The Balaban J connectivity index is 1.75. The third-order valence-corrected chi connectivity index (χ3v) is 4.10. The largest absolute Gasteiger partial charge is 0.370 e. The average molecular weight is 304 g/mol. The summed E-state index contributed by atoms with van der Waals surface area (Å²) in [5.74, 6) is 1.18. The highest BCUT2D eigenvalue weighted by Gasteiger charge is 2.20. The Hall–Kier alpha value is -1.62. The van der Waals surface area contributed by atoms with Crippen LogP contribution in [0.4, 0.5) is 11.5 Å². The number of amides is 1. The van der Waals surface area contributed by atoms with Crippen LogP contribution in [0.15, 0.2) is 18.3 Å². The van der Waals surface area contributed by atoms with Crippen molar-refractivity contribution in [3.05, 3.63) is 18.3 Å². The van der Waals surface area contributed by atoms with Crippen molar-refractivity contribution in [1.82, 2.24) is 9.88 Å². The second-order valence-electron chi connectivity index (χ2n) is 6.34. The van der Waals surface area contributed by atoms with Crippen molar-refractivity contribution >= 4 is 17.4 Å². The normalized spacial score (nSPS) is 15.8. The fourth-order valence-corrected chi connectivity index (χ4v) is 2.79. The monoisotopic (exact) mass is 304 g/mol. The summed E-state index contributed by atoms with van der Waals surface area (Å²) >= 11 is 0. The second kappa shape index (κ2) is 8.73. The molecule has 0 spiro atoms. The van der Waals surface area contributed by atoms with Gasteiger partial charge in [0.15, 0.2) is 0 Å². The Morgan fingerprint density at radius 3 is 2.68 bits per heavy atom. The van der Waals surface area contributed by atoms with E-state index in [0.29, 0.717) is 0 Å². The van der Waals surface area contributed by atoms with Gasteiger partial charge >= 0.3 is 0 Å². The van der Waals surface area contributed by atoms with Crippen molar-refractivity contribution in [2.24, 2.45) is 5.92 Å². The second-order valence-corrected chi connectivity index (χ2v) is 6.34. The fourth-order valence-electron chi connectivity index (χ4n) is 2.79. The van der Waals surface area contributed by atoms with Crippen molar-refractivity contribution in [2.75, 3.05) is 37.8 Å². The third kappa shape index (κ3) is 5.64. The molecule has 0 bridgehead atoms. The molecule has 1 fully saturated rings. The molecule has 1 aliphatic carbocycles. The van der Waals surface area contributed by atoms with Crippen molar-refractivity contribution in [3.63, 3.8) is 0 Å². The Morgan fingerprint density at radius 1 is 1.27 bits per heavy atom. The maximum atomic E-state index is 12.2. The quantitative estimate of drug-likeness (QED) is 0.760. The van der Waals surface area contributed by atoms with Gasteiger partial charge in [0.05, 0.1) is 11.9 Å². The molecule has 0 unspecified atom stereocenters. The minimum Gasteiger partial charge on any atom is -0.370 e. The van der Waals surface area contributed by atoms with Gasteiger partial charge in [0.1, 0.15) is 5.82 Å². The van der Waals surface area contributed by atoms with E-state index >= 15 is 0 Å². The molecule has 1 saturated carbocycles. The summed E-state index contributed by atoms with van der Waals surface area (Å²) in [6.45, 7) is 1.96. The van der Waals surface area contributed by atoms with Gasteiger partial charge in [-0.05, 0) is 52.0 Å². The molecule has 0 atom stereocenters. The van der Waals surface area contributed by atoms with Crippen LogP contribution in [-0.2, 0) is 4.79 Å². The summed E-state index contributed by atoms with van der Waals surface area (Å²) in [5, 5.41) is 6.28. The zero-order valence-electron chi connectivity index (χ0n) is 13.8. The van der Waals surface area contributed by atoms with E-state index in [1.54, 1.807) is 6.20 Å². The number of carbonyl (C=O) groups is 1. The maximum absolute atomic E-state index is 12.2. The summed E-state index contributed by atoms with van der Waals surface area (Å²) in [6, 6.07) is 3.84. The van der Waals surface area contributed by atoms with Crippen LogP contribution in [0.25, 0.3) is 0 Å². The van der Waals surface area contributed by atoms with Gasteiger partial charge in [0.2, 0.25) is 5.91 Å². The number of aromatic nitrogens is 1. The molecule has 1 heterocycles. The van der Waals surface area contributed by atoms with Crippen LogP contribution in [0.2, 0.25) is 0 Å². The first-order valence-corrected chi connectivity index (χ1v) is 8.30. The van der Waals surface area contributed by atoms with Crippen molar-refractivity contribution in [1.29, 1.82) is 0 Å². The molecule has 0 aliphatic heterocycles. The molecule has 1 aliphatic rings. The minimum absolute atomic E-state index is 0.146. The van der Waals surface area contributed by atoms with E-state index in [4.69, 9.17) is 0 Å². The van der Waals surface area contributed by atoms with E-state index < -0.39 is 0 Å². The lowest BCUT2D eigenvalue weighted by Crippen LogP contribution is -2.24. The summed E-state index contributed by atoms with van der Waals surface area (Å²) in [5.41, 5.74) is 0.786. The predicted molar refractivity (Wildman–Crippen MR) is 91.1 cm³/mol. The van der Waals surface area contributed by atoms with E-state index in [0.717, 1.165) is 43.9 Å². The van der Waals surface area contributed by atoms with E-state index in [1.807, 2.05) is 12.1 Å². The molecular weight excluding hydrogens is 276 g/mol. The number of anilines is 2. The Bertz CT molecular complexity index is 452. The van der Waals surface area contributed by atoms with Gasteiger partial charge in [0, 0.05) is 12.5 Å². The van der Waals surface area contributed by atoms with Crippen LogP contribution in [0.5, 0.6) is 0 Å². The minimum atomic E-state index is 0.146. The van der Waals surface area contributed by atoms with Gasteiger partial charge in [-0.2, -0.15) is 0 Å². The van der Waals surface area contributed by atoms with E-state index in [9.17, 15) is 4.79 Å². The summed E-state index contributed by atoms with van der Waals surface area (Å²) < 4.78 is 0.